The summed E-state index contributed by atoms with van der Waals surface area (Å²) >= 11 is 3.29. The zero-order valence-corrected chi connectivity index (χ0v) is 11.5. The summed E-state index contributed by atoms with van der Waals surface area (Å²) in [5.74, 6) is 0.304. The van der Waals surface area contributed by atoms with Crippen LogP contribution in [0.3, 0.4) is 0 Å². The van der Waals surface area contributed by atoms with E-state index < -0.39 is 5.97 Å². The Hall–Kier alpha value is -1.63. The summed E-state index contributed by atoms with van der Waals surface area (Å²) in [5.41, 5.74) is 0.217. The third kappa shape index (κ3) is 2.61. The topological polar surface area (TPSA) is 81.2 Å². The number of hydrogen-bond acceptors (Lipinski definition) is 4. The van der Waals surface area contributed by atoms with Crippen LogP contribution in [0.2, 0.25) is 0 Å². The second-order valence-electron chi connectivity index (χ2n) is 4.19. The molecule has 0 radical (unpaired) electrons. The van der Waals surface area contributed by atoms with Crippen LogP contribution in [-0.2, 0) is 6.54 Å². The lowest BCUT2D eigenvalue weighted by atomic mass is 10.2. The number of aromatic nitrogens is 3. The van der Waals surface area contributed by atoms with Crippen molar-refractivity contribution in [3.05, 3.63) is 34.1 Å². The molecule has 2 aromatic heterocycles. The molecular formula is C11H12BrN3O3. The fourth-order valence-electron chi connectivity index (χ4n) is 1.43. The molecule has 0 saturated heterocycles. The summed E-state index contributed by atoms with van der Waals surface area (Å²) in [7, 11) is 0. The van der Waals surface area contributed by atoms with Crippen LogP contribution in [0.5, 0.6) is 0 Å². The fraction of sp³-hybridized carbons (Fsp3) is 0.364. The van der Waals surface area contributed by atoms with Crippen molar-refractivity contribution in [2.24, 2.45) is 0 Å². The first kappa shape index (κ1) is 12.8. The van der Waals surface area contributed by atoms with Crippen LogP contribution < -0.4 is 0 Å². The van der Waals surface area contributed by atoms with Gasteiger partial charge in [-0.3, -0.25) is 0 Å². The highest BCUT2D eigenvalue weighted by Gasteiger charge is 2.13. The second kappa shape index (κ2) is 4.93. The Balaban J connectivity index is 2.20. The average molecular weight is 314 g/mol. The van der Waals surface area contributed by atoms with Crippen molar-refractivity contribution in [2.75, 3.05) is 0 Å². The first-order chi connectivity index (χ1) is 8.47. The minimum absolute atomic E-state index is 0.175. The number of carbonyl (C=O) groups is 1. The van der Waals surface area contributed by atoms with Gasteiger partial charge in [-0.15, -0.1) is 0 Å². The van der Waals surface area contributed by atoms with Gasteiger partial charge in [0, 0.05) is 12.1 Å². The Morgan fingerprint density at radius 3 is 2.83 bits per heavy atom. The maximum atomic E-state index is 10.8. The van der Waals surface area contributed by atoms with Crippen molar-refractivity contribution in [2.45, 2.75) is 26.3 Å². The first-order valence-corrected chi connectivity index (χ1v) is 6.18. The lowest BCUT2D eigenvalue weighted by Gasteiger charge is -1.99. The van der Waals surface area contributed by atoms with Gasteiger partial charge in [-0.2, -0.15) is 4.98 Å². The van der Waals surface area contributed by atoms with E-state index in [-0.39, 0.29) is 11.5 Å². The van der Waals surface area contributed by atoms with Gasteiger partial charge in [-0.25, -0.2) is 4.79 Å². The van der Waals surface area contributed by atoms with Crippen LogP contribution >= 0.6 is 15.9 Å². The van der Waals surface area contributed by atoms with Gasteiger partial charge in [-0.05, 0) is 22.0 Å². The molecule has 0 saturated carbocycles. The van der Waals surface area contributed by atoms with Gasteiger partial charge in [0.2, 0.25) is 5.89 Å². The Labute approximate surface area is 112 Å². The number of halogens is 1. The van der Waals surface area contributed by atoms with Gasteiger partial charge in [0.15, 0.2) is 5.82 Å². The summed E-state index contributed by atoms with van der Waals surface area (Å²) in [4.78, 5) is 15.1. The van der Waals surface area contributed by atoms with E-state index in [4.69, 9.17) is 9.63 Å². The van der Waals surface area contributed by atoms with Crippen LogP contribution in [0.4, 0.5) is 0 Å². The molecule has 96 valence electrons. The molecule has 2 heterocycles. The fourth-order valence-corrected chi connectivity index (χ4v) is 1.91. The Bertz CT molecular complexity index is 574. The van der Waals surface area contributed by atoms with Gasteiger partial charge < -0.3 is 14.2 Å². The lowest BCUT2D eigenvalue weighted by Crippen LogP contribution is -2.01. The Morgan fingerprint density at radius 2 is 2.33 bits per heavy atom. The predicted octanol–water partition coefficient (Wildman–Crippen LogP) is 2.50. The van der Waals surface area contributed by atoms with E-state index in [9.17, 15) is 4.79 Å². The molecule has 0 atom stereocenters. The standard InChI is InChI=1S/C11H12BrN3O3/c1-6(2)10-13-9(14-18-10)5-15-4-7(11(16)17)3-8(15)12/h3-4,6H,5H2,1-2H3,(H,16,17). The number of nitrogens with zero attached hydrogens (tertiary/aromatic N) is 3. The molecule has 0 aliphatic rings. The predicted molar refractivity (Wildman–Crippen MR) is 66.6 cm³/mol. The van der Waals surface area contributed by atoms with E-state index in [1.54, 1.807) is 4.57 Å². The van der Waals surface area contributed by atoms with Crippen molar-refractivity contribution in [1.82, 2.24) is 14.7 Å². The van der Waals surface area contributed by atoms with Gasteiger partial charge in [0.1, 0.15) is 0 Å². The molecule has 7 heteroatoms. The normalized spacial score (nSPS) is 11.1. The van der Waals surface area contributed by atoms with Crippen molar-refractivity contribution in [1.29, 1.82) is 0 Å². The Kier molecular flexibility index (Phi) is 3.51. The van der Waals surface area contributed by atoms with Crippen LogP contribution in [0.25, 0.3) is 0 Å². The number of carboxylic acids is 1. The van der Waals surface area contributed by atoms with E-state index in [1.807, 2.05) is 13.8 Å². The number of carboxylic acid groups (broad SMARTS) is 1. The molecule has 2 rings (SSSR count). The van der Waals surface area contributed by atoms with Crippen LogP contribution in [0.15, 0.2) is 21.4 Å². The van der Waals surface area contributed by atoms with Crippen LogP contribution in [0.1, 0.15) is 41.8 Å². The largest absolute Gasteiger partial charge is 0.478 e. The maximum absolute atomic E-state index is 10.8. The van der Waals surface area contributed by atoms with Gasteiger partial charge in [-0.1, -0.05) is 19.0 Å². The molecule has 0 fully saturated rings. The molecule has 0 amide bonds. The van der Waals surface area contributed by atoms with E-state index in [1.165, 1.54) is 12.3 Å². The molecule has 0 bridgehead atoms. The minimum Gasteiger partial charge on any atom is -0.478 e. The van der Waals surface area contributed by atoms with Crippen molar-refractivity contribution in [3.8, 4) is 0 Å². The number of rotatable bonds is 4. The van der Waals surface area contributed by atoms with E-state index in [2.05, 4.69) is 26.1 Å². The van der Waals surface area contributed by atoms with E-state index >= 15 is 0 Å². The highest BCUT2D eigenvalue weighted by atomic mass is 79.9. The molecule has 0 aliphatic carbocycles. The SMILES string of the molecule is CC(C)c1nc(Cn2cc(C(=O)O)cc2Br)no1. The molecule has 6 nitrogen and oxygen atoms in total. The Morgan fingerprint density at radius 1 is 1.61 bits per heavy atom. The number of aromatic carboxylic acids is 1. The summed E-state index contributed by atoms with van der Waals surface area (Å²) < 4.78 is 7.46. The van der Waals surface area contributed by atoms with Crippen LogP contribution in [0, 0.1) is 0 Å². The smallest absolute Gasteiger partial charge is 0.337 e. The molecule has 0 spiro atoms. The van der Waals surface area contributed by atoms with E-state index in [0.717, 1.165) is 0 Å². The molecular weight excluding hydrogens is 302 g/mol. The quantitative estimate of drug-likeness (QED) is 0.937. The molecule has 0 unspecified atom stereocenters. The highest BCUT2D eigenvalue weighted by molar-refractivity contribution is 9.10. The first-order valence-electron chi connectivity index (χ1n) is 5.39. The van der Waals surface area contributed by atoms with Gasteiger partial charge >= 0.3 is 5.97 Å². The highest BCUT2D eigenvalue weighted by Crippen LogP contribution is 2.17. The average Bonchev–Trinajstić information content (AvgIpc) is 2.87. The zero-order valence-electron chi connectivity index (χ0n) is 9.92. The summed E-state index contributed by atoms with van der Waals surface area (Å²) in [6.07, 6.45) is 1.53. The zero-order chi connectivity index (χ0) is 13.3. The summed E-state index contributed by atoms with van der Waals surface area (Å²) in [6.45, 7) is 4.29. The summed E-state index contributed by atoms with van der Waals surface area (Å²) in [6, 6.07) is 1.53. The maximum Gasteiger partial charge on any atom is 0.337 e. The van der Waals surface area contributed by atoms with Crippen molar-refractivity contribution < 1.29 is 14.4 Å². The van der Waals surface area contributed by atoms with Crippen LogP contribution in [-0.4, -0.2) is 25.8 Å². The molecule has 2 aromatic rings. The van der Waals surface area contributed by atoms with E-state index in [0.29, 0.717) is 22.9 Å². The minimum atomic E-state index is -0.967. The molecule has 0 aliphatic heterocycles. The third-order valence-electron chi connectivity index (χ3n) is 2.38. The van der Waals surface area contributed by atoms with Gasteiger partial charge in [0.05, 0.1) is 16.7 Å². The van der Waals surface area contributed by atoms with Crippen molar-refractivity contribution in [3.63, 3.8) is 0 Å². The monoisotopic (exact) mass is 313 g/mol. The third-order valence-corrected chi connectivity index (χ3v) is 3.06. The second-order valence-corrected chi connectivity index (χ2v) is 5.00. The lowest BCUT2D eigenvalue weighted by molar-refractivity contribution is 0.0697. The van der Waals surface area contributed by atoms with Gasteiger partial charge in [0.25, 0.3) is 0 Å². The van der Waals surface area contributed by atoms with Crippen molar-refractivity contribution >= 4 is 21.9 Å². The summed E-state index contributed by atoms with van der Waals surface area (Å²) in [5, 5.41) is 12.7. The molecule has 1 N–H and O–H groups in total. The molecule has 0 aromatic carbocycles. The molecule has 18 heavy (non-hydrogen) atoms. The number of hydrogen-bond donors (Lipinski definition) is 1.